The van der Waals surface area contributed by atoms with Gasteiger partial charge < -0.3 is 5.73 Å². The van der Waals surface area contributed by atoms with E-state index in [0.29, 0.717) is 16.5 Å². The van der Waals surface area contributed by atoms with Crippen molar-refractivity contribution in [1.82, 2.24) is 20.2 Å². The molecule has 2 aromatic carbocycles. The van der Waals surface area contributed by atoms with E-state index in [0.717, 1.165) is 16.4 Å². The summed E-state index contributed by atoms with van der Waals surface area (Å²) in [7, 11) is 0. The summed E-state index contributed by atoms with van der Waals surface area (Å²) in [5.74, 6) is 1.36. The molecule has 0 atom stereocenters. The molecule has 5 nitrogen and oxygen atoms in total. The first-order valence-corrected chi connectivity index (χ1v) is 7.61. The lowest BCUT2D eigenvalue weighted by Crippen LogP contribution is -2.01. The molecule has 1 heterocycles. The fourth-order valence-corrected chi connectivity index (χ4v) is 3.01. The van der Waals surface area contributed by atoms with Crippen molar-refractivity contribution in [1.29, 1.82) is 0 Å². The van der Waals surface area contributed by atoms with Crippen molar-refractivity contribution < 1.29 is 0 Å². The summed E-state index contributed by atoms with van der Waals surface area (Å²) in [6, 6.07) is 15.2. The molecule has 0 unspecified atom stereocenters. The number of nitrogens with zero attached hydrogens (tertiary/aromatic N) is 4. The average Bonchev–Trinajstić information content (AvgIpc) is 2.97. The van der Waals surface area contributed by atoms with E-state index in [1.807, 2.05) is 36.4 Å². The van der Waals surface area contributed by atoms with Crippen molar-refractivity contribution in [2.45, 2.75) is 10.6 Å². The predicted octanol–water partition coefficient (Wildman–Crippen LogP) is 3.19. The lowest BCUT2D eigenvalue weighted by atomic mass is 10.3. The van der Waals surface area contributed by atoms with Gasteiger partial charge in [-0.2, -0.15) is 4.68 Å². The van der Waals surface area contributed by atoms with Gasteiger partial charge in [0.05, 0.1) is 16.5 Å². The van der Waals surface area contributed by atoms with Crippen molar-refractivity contribution in [3.05, 3.63) is 59.4 Å². The van der Waals surface area contributed by atoms with E-state index in [1.54, 1.807) is 28.6 Å². The van der Waals surface area contributed by atoms with E-state index in [-0.39, 0.29) is 0 Å². The van der Waals surface area contributed by atoms with Crippen molar-refractivity contribution in [2.75, 3.05) is 5.73 Å². The van der Waals surface area contributed by atoms with Gasteiger partial charge in [0.15, 0.2) is 5.82 Å². The van der Waals surface area contributed by atoms with E-state index < -0.39 is 0 Å². The number of aromatic nitrogens is 4. The molecule has 2 N–H and O–H groups in total. The van der Waals surface area contributed by atoms with Gasteiger partial charge in [0.1, 0.15) is 0 Å². The van der Waals surface area contributed by atoms with Crippen LogP contribution < -0.4 is 5.73 Å². The standard InChI is InChI=1S/C14H12ClN5S/c15-12-7-6-10(16)8-13(12)21-9-14-17-18-19-20(14)11-4-2-1-3-5-11/h1-8H,9,16H2. The molecule has 0 bridgehead atoms. The van der Waals surface area contributed by atoms with Crippen LogP contribution in [0.2, 0.25) is 5.02 Å². The maximum atomic E-state index is 6.16. The Morgan fingerprint density at radius 1 is 1.14 bits per heavy atom. The van der Waals surface area contributed by atoms with Gasteiger partial charge >= 0.3 is 0 Å². The predicted molar refractivity (Wildman–Crippen MR) is 84.6 cm³/mol. The molecular formula is C14H12ClN5S. The normalized spacial score (nSPS) is 10.7. The van der Waals surface area contributed by atoms with Crippen molar-refractivity contribution >= 4 is 29.1 Å². The summed E-state index contributed by atoms with van der Waals surface area (Å²) in [5.41, 5.74) is 7.39. The Bertz CT molecular complexity index is 744. The molecule has 106 valence electrons. The van der Waals surface area contributed by atoms with E-state index >= 15 is 0 Å². The molecule has 1 aromatic heterocycles. The third kappa shape index (κ3) is 3.17. The third-order valence-electron chi connectivity index (χ3n) is 2.85. The molecule has 3 aromatic rings. The fourth-order valence-electron chi connectivity index (χ4n) is 1.84. The van der Waals surface area contributed by atoms with Gasteiger partial charge in [0.25, 0.3) is 0 Å². The Kier molecular flexibility index (Phi) is 4.08. The monoisotopic (exact) mass is 317 g/mol. The first-order valence-electron chi connectivity index (χ1n) is 6.24. The Morgan fingerprint density at radius 3 is 2.76 bits per heavy atom. The molecule has 0 aliphatic heterocycles. The minimum atomic E-state index is 0.602. The zero-order chi connectivity index (χ0) is 14.7. The highest BCUT2D eigenvalue weighted by Gasteiger charge is 2.10. The van der Waals surface area contributed by atoms with Crippen LogP contribution in [0.25, 0.3) is 5.69 Å². The second-order valence-corrected chi connectivity index (χ2v) is 5.75. The second-order valence-electron chi connectivity index (χ2n) is 4.32. The van der Waals surface area contributed by atoms with E-state index in [9.17, 15) is 0 Å². The molecule has 0 aliphatic carbocycles. The highest BCUT2D eigenvalue weighted by atomic mass is 35.5. The maximum absolute atomic E-state index is 6.16. The van der Waals surface area contributed by atoms with Gasteiger partial charge in [-0.15, -0.1) is 16.9 Å². The van der Waals surface area contributed by atoms with Gasteiger partial charge in [0, 0.05) is 10.6 Å². The smallest absolute Gasteiger partial charge is 0.166 e. The number of nitrogens with two attached hydrogens (primary N) is 1. The van der Waals surface area contributed by atoms with E-state index in [1.165, 1.54) is 0 Å². The molecule has 7 heteroatoms. The Labute approximate surface area is 131 Å². The molecule has 0 fully saturated rings. The summed E-state index contributed by atoms with van der Waals surface area (Å²) in [6.45, 7) is 0. The molecule has 21 heavy (non-hydrogen) atoms. The number of nitrogen functional groups attached to an aromatic ring is 1. The number of thioether (sulfide) groups is 1. The molecular weight excluding hydrogens is 306 g/mol. The topological polar surface area (TPSA) is 69.6 Å². The van der Waals surface area contributed by atoms with Crippen LogP contribution in [0.3, 0.4) is 0 Å². The van der Waals surface area contributed by atoms with Gasteiger partial charge in [-0.3, -0.25) is 0 Å². The van der Waals surface area contributed by atoms with Crippen molar-refractivity contribution in [3.63, 3.8) is 0 Å². The zero-order valence-electron chi connectivity index (χ0n) is 11.0. The molecule has 0 radical (unpaired) electrons. The minimum absolute atomic E-state index is 0.602. The lowest BCUT2D eigenvalue weighted by molar-refractivity contribution is 0.777. The molecule has 3 rings (SSSR count). The largest absolute Gasteiger partial charge is 0.399 e. The summed E-state index contributed by atoms with van der Waals surface area (Å²) >= 11 is 7.71. The summed E-state index contributed by atoms with van der Waals surface area (Å²) in [4.78, 5) is 0.916. The molecule has 0 amide bonds. The lowest BCUT2D eigenvalue weighted by Gasteiger charge is -2.06. The number of anilines is 1. The van der Waals surface area contributed by atoms with Crippen molar-refractivity contribution in [3.8, 4) is 5.69 Å². The number of halogens is 1. The fraction of sp³-hybridized carbons (Fsp3) is 0.0714. The van der Waals surface area contributed by atoms with E-state index in [2.05, 4.69) is 15.5 Å². The van der Waals surface area contributed by atoms with Crippen LogP contribution in [-0.4, -0.2) is 20.2 Å². The van der Waals surface area contributed by atoms with Crippen molar-refractivity contribution in [2.24, 2.45) is 0 Å². The maximum Gasteiger partial charge on any atom is 0.166 e. The van der Waals surface area contributed by atoms with Crippen LogP contribution >= 0.6 is 23.4 Å². The van der Waals surface area contributed by atoms with Crippen LogP contribution in [0.1, 0.15) is 5.82 Å². The number of rotatable bonds is 4. The number of tetrazole rings is 1. The van der Waals surface area contributed by atoms with Crippen LogP contribution in [0.4, 0.5) is 5.69 Å². The van der Waals surface area contributed by atoms with Crippen LogP contribution in [-0.2, 0) is 5.75 Å². The molecule has 0 saturated heterocycles. The summed E-state index contributed by atoms with van der Waals surface area (Å²) < 4.78 is 1.72. The molecule has 0 aliphatic rings. The minimum Gasteiger partial charge on any atom is -0.399 e. The quantitative estimate of drug-likeness (QED) is 0.591. The molecule has 0 saturated carbocycles. The van der Waals surface area contributed by atoms with Gasteiger partial charge in [-0.05, 0) is 40.8 Å². The number of para-hydroxylation sites is 1. The highest BCUT2D eigenvalue weighted by Crippen LogP contribution is 2.31. The first-order chi connectivity index (χ1) is 10.2. The second kappa shape index (κ2) is 6.15. The third-order valence-corrected chi connectivity index (χ3v) is 4.34. The van der Waals surface area contributed by atoms with Crippen LogP contribution in [0.15, 0.2) is 53.4 Å². The number of hydrogen-bond acceptors (Lipinski definition) is 5. The van der Waals surface area contributed by atoms with Crippen LogP contribution in [0, 0.1) is 0 Å². The summed E-state index contributed by atoms with van der Waals surface area (Å²) in [5, 5.41) is 12.5. The summed E-state index contributed by atoms with van der Waals surface area (Å²) in [6.07, 6.45) is 0. The zero-order valence-corrected chi connectivity index (χ0v) is 12.6. The van der Waals surface area contributed by atoms with Crippen LogP contribution in [0.5, 0.6) is 0 Å². The Hall–Kier alpha value is -2.05. The Morgan fingerprint density at radius 2 is 1.95 bits per heavy atom. The van der Waals surface area contributed by atoms with E-state index in [4.69, 9.17) is 17.3 Å². The number of hydrogen-bond donors (Lipinski definition) is 1. The SMILES string of the molecule is Nc1ccc(Cl)c(SCc2nnnn2-c2ccccc2)c1. The number of benzene rings is 2. The van der Waals surface area contributed by atoms with Gasteiger partial charge in [0.2, 0.25) is 0 Å². The average molecular weight is 318 g/mol. The molecule has 0 spiro atoms. The Balaban J connectivity index is 1.81. The van der Waals surface area contributed by atoms with Gasteiger partial charge in [-0.25, -0.2) is 0 Å². The first kappa shape index (κ1) is 13.9. The van der Waals surface area contributed by atoms with Gasteiger partial charge in [-0.1, -0.05) is 29.8 Å². The highest BCUT2D eigenvalue weighted by molar-refractivity contribution is 7.98.